The molecule has 0 aromatic rings. The van der Waals surface area contributed by atoms with Crippen LogP contribution in [0.5, 0.6) is 0 Å². The van der Waals surface area contributed by atoms with E-state index in [1.165, 1.54) is 0 Å². The maximum atomic E-state index is 10.3. The molecule has 84 valence electrons. The molecule has 2 N–H and O–H groups in total. The van der Waals surface area contributed by atoms with Gasteiger partial charge in [0, 0.05) is 11.8 Å². The lowest BCUT2D eigenvalue weighted by molar-refractivity contribution is -0.0148. The van der Waals surface area contributed by atoms with Gasteiger partial charge in [0.2, 0.25) is 0 Å². The van der Waals surface area contributed by atoms with Gasteiger partial charge in [-0.15, -0.1) is 0 Å². The summed E-state index contributed by atoms with van der Waals surface area (Å²) in [7, 11) is 0. The van der Waals surface area contributed by atoms with Crippen molar-refractivity contribution in [3.8, 4) is 0 Å². The fourth-order valence-corrected chi connectivity index (χ4v) is 2.72. The van der Waals surface area contributed by atoms with Crippen molar-refractivity contribution < 1.29 is 29.3 Å². The average Bonchev–Trinajstić information content (AvgIpc) is 2.60. The van der Waals surface area contributed by atoms with Gasteiger partial charge in [-0.25, -0.2) is 9.59 Å². The zero-order valence-corrected chi connectivity index (χ0v) is 7.96. The molecule has 4 atom stereocenters. The normalized spacial score (nSPS) is 37.6. The van der Waals surface area contributed by atoms with Crippen LogP contribution in [0.1, 0.15) is 19.3 Å². The Morgan fingerprint density at radius 1 is 0.867 bits per heavy atom. The van der Waals surface area contributed by atoms with Crippen LogP contribution in [0.15, 0.2) is 0 Å². The molecule has 2 saturated carbocycles. The number of ether oxygens (including phenoxy) is 2. The first-order chi connectivity index (χ1) is 7.06. The van der Waals surface area contributed by atoms with Crippen LogP contribution >= 0.6 is 0 Å². The van der Waals surface area contributed by atoms with Crippen LogP contribution in [0.25, 0.3) is 0 Å². The molecule has 2 aliphatic carbocycles. The lowest BCUT2D eigenvalue weighted by Crippen LogP contribution is -2.31. The minimum Gasteiger partial charge on any atom is -0.450 e. The van der Waals surface area contributed by atoms with Crippen molar-refractivity contribution >= 4 is 12.3 Å². The van der Waals surface area contributed by atoms with Gasteiger partial charge in [0.05, 0.1) is 0 Å². The molecule has 15 heavy (non-hydrogen) atoms. The summed E-state index contributed by atoms with van der Waals surface area (Å²) in [5, 5.41) is 16.9. The van der Waals surface area contributed by atoms with Crippen molar-refractivity contribution in [2.24, 2.45) is 11.8 Å². The lowest BCUT2D eigenvalue weighted by atomic mass is 9.95. The molecule has 2 bridgehead atoms. The van der Waals surface area contributed by atoms with E-state index >= 15 is 0 Å². The van der Waals surface area contributed by atoms with E-state index in [1.807, 2.05) is 0 Å². The Kier molecular flexibility index (Phi) is 2.42. The third kappa shape index (κ3) is 1.98. The van der Waals surface area contributed by atoms with E-state index in [2.05, 4.69) is 0 Å². The van der Waals surface area contributed by atoms with Gasteiger partial charge in [-0.1, -0.05) is 0 Å². The van der Waals surface area contributed by atoms with Crippen LogP contribution in [0.4, 0.5) is 9.59 Å². The molecule has 0 radical (unpaired) electrons. The summed E-state index contributed by atoms with van der Waals surface area (Å²) in [6.07, 6.45) is -1.12. The van der Waals surface area contributed by atoms with E-state index in [0.717, 1.165) is 6.42 Å². The fourth-order valence-electron chi connectivity index (χ4n) is 2.72. The van der Waals surface area contributed by atoms with Crippen molar-refractivity contribution in [1.82, 2.24) is 0 Å². The minimum atomic E-state index is -1.26. The summed E-state index contributed by atoms with van der Waals surface area (Å²) in [4.78, 5) is 20.7. The molecule has 2 fully saturated rings. The molecule has 2 rings (SSSR count). The molecule has 0 aliphatic heterocycles. The van der Waals surface area contributed by atoms with Gasteiger partial charge >= 0.3 is 12.3 Å². The maximum absolute atomic E-state index is 10.3. The smallest absolute Gasteiger partial charge is 0.450 e. The Hall–Kier alpha value is -1.46. The highest BCUT2D eigenvalue weighted by molar-refractivity contribution is 5.58. The zero-order chi connectivity index (χ0) is 11.0. The lowest BCUT2D eigenvalue weighted by Gasteiger charge is -2.25. The Labute approximate surface area is 85.8 Å². The number of hydrogen-bond acceptors (Lipinski definition) is 4. The van der Waals surface area contributed by atoms with Gasteiger partial charge in [0.15, 0.2) is 0 Å². The fraction of sp³-hybridized carbons (Fsp3) is 0.778. The zero-order valence-electron chi connectivity index (χ0n) is 7.96. The van der Waals surface area contributed by atoms with Gasteiger partial charge in [0.1, 0.15) is 12.2 Å². The van der Waals surface area contributed by atoms with E-state index in [1.54, 1.807) is 0 Å². The summed E-state index contributed by atoms with van der Waals surface area (Å²) in [5.74, 6) is 0.242. The van der Waals surface area contributed by atoms with Crippen molar-refractivity contribution in [2.45, 2.75) is 31.5 Å². The van der Waals surface area contributed by atoms with Crippen LogP contribution in [0.3, 0.4) is 0 Å². The molecular weight excluding hydrogens is 204 g/mol. The molecule has 0 spiro atoms. The van der Waals surface area contributed by atoms with E-state index in [4.69, 9.17) is 19.7 Å². The topological polar surface area (TPSA) is 93.1 Å². The highest BCUT2D eigenvalue weighted by atomic mass is 16.7. The molecular formula is C9H12O6. The molecule has 2 aliphatic rings. The highest BCUT2D eigenvalue weighted by Crippen LogP contribution is 2.47. The van der Waals surface area contributed by atoms with Crippen molar-refractivity contribution in [2.75, 3.05) is 0 Å². The van der Waals surface area contributed by atoms with Crippen LogP contribution < -0.4 is 0 Å². The molecule has 0 heterocycles. The van der Waals surface area contributed by atoms with Gasteiger partial charge < -0.3 is 19.7 Å². The molecule has 4 unspecified atom stereocenters. The second-order valence-corrected chi connectivity index (χ2v) is 4.07. The SMILES string of the molecule is O=C(O)OC1CC2CC1CC2OC(=O)O. The van der Waals surface area contributed by atoms with E-state index in [-0.39, 0.29) is 24.0 Å². The first-order valence-corrected chi connectivity index (χ1v) is 4.85. The predicted octanol–water partition coefficient (Wildman–Crippen LogP) is 1.54. The van der Waals surface area contributed by atoms with E-state index in [9.17, 15) is 9.59 Å². The first-order valence-electron chi connectivity index (χ1n) is 4.85. The number of fused-ring (bicyclic) bond motifs is 2. The van der Waals surface area contributed by atoms with Crippen LogP contribution in [0.2, 0.25) is 0 Å². The van der Waals surface area contributed by atoms with Crippen molar-refractivity contribution in [3.63, 3.8) is 0 Å². The molecule has 0 aromatic carbocycles. The quantitative estimate of drug-likeness (QED) is 0.680. The van der Waals surface area contributed by atoms with Gasteiger partial charge in [-0.2, -0.15) is 0 Å². The van der Waals surface area contributed by atoms with Crippen LogP contribution in [-0.4, -0.2) is 34.7 Å². The molecule has 0 amide bonds. The van der Waals surface area contributed by atoms with Gasteiger partial charge in [-0.3, -0.25) is 0 Å². The highest BCUT2D eigenvalue weighted by Gasteiger charge is 2.49. The summed E-state index contributed by atoms with van der Waals surface area (Å²) in [6, 6.07) is 0. The number of rotatable bonds is 2. The average molecular weight is 216 g/mol. The van der Waals surface area contributed by atoms with E-state index in [0.29, 0.717) is 12.8 Å². The Morgan fingerprint density at radius 2 is 1.27 bits per heavy atom. The second-order valence-electron chi connectivity index (χ2n) is 4.07. The number of carboxylic acid groups (broad SMARTS) is 2. The largest absolute Gasteiger partial charge is 0.506 e. The summed E-state index contributed by atoms with van der Waals surface area (Å²) in [6.45, 7) is 0. The van der Waals surface area contributed by atoms with Gasteiger partial charge in [-0.05, 0) is 19.3 Å². The van der Waals surface area contributed by atoms with Crippen LogP contribution in [0, 0.1) is 11.8 Å². The molecule has 0 saturated heterocycles. The first kappa shape index (κ1) is 10.1. The third-order valence-corrected chi connectivity index (χ3v) is 3.23. The second kappa shape index (κ2) is 3.60. The van der Waals surface area contributed by atoms with Crippen LogP contribution in [-0.2, 0) is 9.47 Å². The summed E-state index contributed by atoms with van der Waals surface area (Å²) >= 11 is 0. The number of hydrogen-bond donors (Lipinski definition) is 2. The predicted molar refractivity (Wildman–Crippen MR) is 46.6 cm³/mol. The number of carbonyl (C=O) groups is 2. The standard InChI is InChI=1S/C9H12O6/c10-8(11)14-6-2-4-1-5(6)3-7(4)15-9(12)13/h4-7H,1-3H2,(H,10,11)(H,12,13). The Bertz CT molecular complexity index is 260. The molecule has 6 heteroatoms. The van der Waals surface area contributed by atoms with Crippen molar-refractivity contribution in [3.05, 3.63) is 0 Å². The summed E-state index contributed by atoms with van der Waals surface area (Å²) < 4.78 is 9.42. The Balaban J connectivity index is 1.88. The monoisotopic (exact) mass is 216 g/mol. The van der Waals surface area contributed by atoms with Crippen molar-refractivity contribution in [1.29, 1.82) is 0 Å². The van der Waals surface area contributed by atoms with Gasteiger partial charge in [0.25, 0.3) is 0 Å². The third-order valence-electron chi connectivity index (χ3n) is 3.23. The molecule has 6 nitrogen and oxygen atoms in total. The minimum absolute atomic E-state index is 0.121. The van der Waals surface area contributed by atoms with E-state index < -0.39 is 12.3 Å². The molecule has 0 aromatic heterocycles. The maximum Gasteiger partial charge on any atom is 0.506 e. The Morgan fingerprint density at radius 3 is 1.53 bits per heavy atom. The summed E-state index contributed by atoms with van der Waals surface area (Å²) in [5.41, 5.74) is 0.